The summed E-state index contributed by atoms with van der Waals surface area (Å²) in [4.78, 5) is 0.0845. The van der Waals surface area contributed by atoms with Gasteiger partial charge in [0.05, 0.1) is 12.7 Å². The third-order valence-corrected chi connectivity index (χ3v) is 4.87. The number of ether oxygens (including phenoxy) is 2. The highest BCUT2D eigenvalue weighted by Gasteiger charge is 2.20. The van der Waals surface area contributed by atoms with E-state index < -0.39 is 10.0 Å². The first kappa shape index (κ1) is 18.6. The van der Waals surface area contributed by atoms with Crippen LogP contribution in [0.2, 0.25) is 0 Å². The molecule has 0 heterocycles. The molecule has 0 amide bonds. The molecule has 0 bridgehead atoms. The van der Waals surface area contributed by atoms with Gasteiger partial charge in [-0.2, -0.15) is 0 Å². The molecule has 2 rings (SSSR count). The SMILES string of the molecule is CCOc1ccc(Br)cc1S(=O)(=O)Nc1ccc(OC(C)C)cc1. The molecule has 1 N–H and O–H groups in total. The Bertz CT molecular complexity index is 789. The van der Waals surface area contributed by atoms with E-state index in [0.29, 0.717) is 28.3 Å². The average Bonchev–Trinajstić information content (AvgIpc) is 2.50. The Morgan fingerprint density at radius 3 is 2.38 bits per heavy atom. The second-order valence-electron chi connectivity index (χ2n) is 5.32. The summed E-state index contributed by atoms with van der Waals surface area (Å²) in [5.41, 5.74) is 0.452. The lowest BCUT2D eigenvalue weighted by atomic mass is 10.3. The highest BCUT2D eigenvalue weighted by atomic mass is 79.9. The van der Waals surface area contributed by atoms with Gasteiger partial charge in [-0.3, -0.25) is 4.72 Å². The van der Waals surface area contributed by atoms with Gasteiger partial charge in [0.25, 0.3) is 10.0 Å². The fraction of sp³-hybridized carbons (Fsp3) is 0.294. The van der Waals surface area contributed by atoms with E-state index in [4.69, 9.17) is 9.47 Å². The summed E-state index contributed by atoms with van der Waals surface area (Å²) in [5, 5.41) is 0. The van der Waals surface area contributed by atoms with Crippen LogP contribution < -0.4 is 14.2 Å². The van der Waals surface area contributed by atoms with E-state index in [1.807, 2.05) is 13.8 Å². The first-order valence-corrected chi connectivity index (χ1v) is 9.81. The number of rotatable bonds is 7. The third-order valence-electron chi connectivity index (χ3n) is 2.97. The minimum Gasteiger partial charge on any atom is -0.492 e. The number of halogens is 1. The minimum atomic E-state index is -3.77. The van der Waals surface area contributed by atoms with Crippen molar-refractivity contribution in [1.82, 2.24) is 0 Å². The highest BCUT2D eigenvalue weighted by Crippen LogP contribution is 2.29. The van der Waals surface area contributed by atoms with E-state index >= 15 is 0 Å². The summed E-state index contributed by atoms with van der Waals surface area (Å²) in [7, 11) is -3.77. The van der Waals surface area contributed by atoms with Gasteiger partial charge >= 0.3 is 0 Å². The fourth-order valence-electron chi connectivity index (χ4n) is 2.05. The van der Waals surface area contributed by atoms with Crippen LogP contribution in [-0.2, 0) is 10.0 Å². The Balaban J connectivity index is 2.27. The van der Waals surface area contributed by atoms with E-state index in [-0.39, 0.29) is 11.0 Å². The van der Waals surface area contributed by atoms with Gasteiger partial charge in [-0.15, -0.1) is 0 Å². The lowest BCUT2D eigenvalue weighted by molar-refractivity contribution is 0.242. The molecule has 0 unspecified atom stereocenters. The monoisotopic (exact) mass is 413 g/mol. The maximum atomic E-state index is 12.7. The van der Waals surface area contributed by atoms with Gasteiger partial charge in [0, 0.05) is 10.2 Å². The van der Waals surface area contributed by atoms with Gasteiger partial charge in [-0.05, 0) is 63.2 Å². The first-order valence-electron chi connectivity index (χ1n) is 7.53. The molecule has 2 aromatic carbocycles. The third kappa shape index (κ3) is 4.88. The molecule has 0 aliphatic carbocycles. The number of benzene rings is 2. The van der Waals surface area contributed by atoms with Gasteiger partial charge in [0.15, 0.2) is 0 Å². The number of anilines is 1. The van der Waals surface area contributed by atoms with Crippen molar-refractivity contribution in [2.45, 2.75) is 31.8 Å². The zero-order chi connectivity index (χ0) is 17.7. The number of hydrogen-bond acceptors (Lipinski definition) is 4. The lowest BCUT2D eigenvalue weighted by Gasteiger charge is -2.14. The van der Waals surface area contributed by atoms with Crippen LogP contribution in [-0.4, -0.2) is 21.1 Å². The van der Waals surface area contributed by atoms with Crippen molar-refractivity contribution in [3.63, 3.8) is 0 Å². The summed E-state index contributed by atoms with van der Waals surface area (Å²) in [6.07, 6.45) is 0.0583. The molecule has 5 nitrogen and oxygen atoms in total. The van der Waals surface area contributed by atoms with Crippen molar-refractivity contribution < 1.29 is 17.9 Å². The van der Waals surface area contributed by atoms with E-state index in [0.717, 1.165) is 0 Å². The standard InChI is InChI=1S/C17H20BrNO4S/c1-4-22-16-10-5-13(18)11-17(16)24(20,21)19-14-6-8-15(9-7-14)23-12(2)3/h5-12,19H,4H2,1-3H3. The van der Waals surface area contributed by atoms with Crippen molar-refractivity contribution in [2.24, 2.45) is 0 Å². The molecular weight excluding hydrogens is 394 g/mol. The predicted molar refractivity (Wildman–Crippen MR) is 98.3 cm³/mol. The van der Waals surface area contributed by atoms with Crippen LogP contribution >= 0.6 is 15.9 Å². The normalized spacial score (nSPS) is 11.4. The van der Waals surface area contributed by atoms with E-state index in [9.17, 15) is 8.42 Å². The molecule has 130 valence electrons. The number of sulfonamides is 1. The van der Waals surface area contributed by atoms with Crippen LogP contribution in [0.25, 0.3) is 0 Å². The van der Waals surface area contributed by atoms with Crippen molar-refractivity contribution in [3.05, 3.63) is 46.9 Å². The molecule has 0 aromatic heterocycles. The summed E-state index contributed by atoms with van der Waals surface area (Å²) in [6, 6.07) is 11.7. The largest absolute Gasteiger partial charge is 0.492 e. The first-order chi connectivity index (χ1) is 11.3. The van der Waals surface area contributed by atoms with E-state index in [1.165, 1.54) is 6.07 Å². The lowest BCUT2D eigenvalue weighted by Crippen LogP contribution is -2.14. The topological polar surface area (TPSA) is 64.6 Å². The highest BCUT2D eigenvalue weighted by molar-refractivity contribution is 9.10. The van der Waals surface area contributed by atoms with Crippen LogP contribution in [0.3, 0.4) is 0 Å². The molecule has 0 aliphatic rings. The predicted octanol–water partition coefficient (Wildman–Crippen LogP) is 4.44. The maximum Gasteiger partial charge on any atom is 0.265 e. The smallest absolute Gasteiger partial charge is 0.265 e. The molecule has 0 spiro atoms. The van der Waals surface area contributed by atoms with Crippen molar-refractivity contribution in [2.75, 3.05) is 11.3 Å². The van der Waals surface area contributed by atoms with Crippen molar-refractivity contribution >= 4 is 31.6 Å². The van der Waals surface area contributed by atoms with Crippen LogP contribution in [0, 0.1) is 0 Å². The van der Waals surface area contributed by atoms with E-state index in [2.05, 4.69) is 20.7 Å². The van der Waals surface area contributed by atoms with Gasteiger partial charge in [-0.1, -0.05) is 15.9 Å². The number of nitrogens with one attached hydrogen (secondary N) is 1. The van der Waals surface area contributed by atoms with E-state index in [1.54, 1.807) is 43.3 Å². The Morgan fingerprint density at radius 1 is 1.12 bits per heavy atom. The zero-order valence-electron chi connectivity index (χ0n) is 13.7. The van der Waals surface area contributed by atoms with Crippen LogP contribution in [0.5, 0.6) is 11.5 Å². The van der Waals surface area contributed by atoms with Crippen molar-refractivity contribution in [3.8, 4) is 11.5 Å². The molecule has 0 saturated heterocycles. The molecule has 0 aliphatic heterocycles. The average molecular weight is 414 g/mol. The molecule has 24 heavy (non-hydrogen) atoms. The summed E-state index contributed by atoms with van der Waals surface area (Å²) < 4.78 is 39.5. The second kappa shape index (κ2) is 7.90. The Labute approximate surface area is 151 Å². The molecule has 0 fully saturated rings. The molecular formula is C17H20BrNO4S. The Hall–Kier alpha value is -1.73. The van der Waals surface area contributed by atoms with Crippen LogP contribution in [0.15, 0.2) is 51.8 Å². The molecule has 0 saturated carbocycles. The van der Waals surface area contributed by atoms with Gasteiger partial charge in [0.1, 0.15) is 16.4 Å². The van der Waals surface area contributed by atoms with Crippen LogP contribution in [0.4, 0.5) is 5.69 Å². The Morgan fingerprint density at radius 2 is 1.79 bits per heavy atom. The summed E-state index contributed by atoms with van der Waals surface area (Å²) >= 11 is 3.29. The molecule has 2 aromatic rings. The number of hydrogen-bond donors (Lipinski definition) is 1. The van der Waals surface area contributed by atoms with Gasteiger partial charge in [0.2, 0.25) is 0 Å². The fourth-order valence-corrected chi connectivity index (χ4v) is 3.79. The molecule has 0 radical (unpaired) electrons. The summed E-state index contributed by atoms with van der Waals surface area (Å²) in [6.45, 7) is 6.04. The maximum absolute atomic E-state index is 12.7. The van der Waals surface area contributed by atoms with Gasteiger partial charge < -0.3 is 9.47 Å². The molecule has 7 heteroatoms. The second-order valence-corrected chi connectivity index (χ2v) is 7.89. The zero-order valence-corrected chi connectivity index (χ0v) is 16.1. The van der Waals surface area contributed by atoms with Gasteiger partial charge in [-0.25, -0.2) is 8.42 Å². The quantitative estimate of drug-likeness (QED) is 0.728. The van der Waals surface area contributed by atoms with Crippen molar-refractivity contribution in [1.29, 1.82) is 0 Å². The summed E-state index contributed by atoms with van der Waals surface area (Å²) in [5.74, 6) is 0.998. The van der Waals surface area contributed by atoms with Crippen LogP contribution in [0.1, 0.15) is 20.8 Å². The minimum absolute atomic E-state index is 0.0583. The Kier molecular flexibility index (Phi) is 6.12. The molecule has 0 atom stereocenters.